The quantitative estimate of drug-likeness (QED) is 0.791. The molecule has 2 fully saturated rings. The second-order valence-electron chi connectivity index (χ2n) is 7.88. The molecule has 122 valence electrons. The van der Waals surface area contributed by atoms with E-state index < -0.39 is 5.60 Å². The highest BCUT2D eigenvalue weighted by Crippen LogP contribution is 2.31. The number of amides is 1. The first kappa shape index (κ1) is 16.6. The fourth-order valence-electron chi connectivity index (χ4n) is 3.13. The van der Waals surface area contributed by atoms with Crippen LogP contribution in [0.1, 0.15) is 66.2 Å². The van der Waals surface area contributed by atoms with Crippen molar-refractivity contribution in [2.45, 2.75) is 77.4 Å². The molecule has 2 aliphatic rings. The lowest BCUT2D eigenvalue weighted by Crippen LogP contribution is -2.48. The highest BCUT2D eigenvalue weighted by atomic mass is 16.6. The maximum absolute atomic E-state index is 12.1. The molecule has 1 amide bonds. The molecule has 0 spiro atoms. The van der Waals surface area contributed by atoms with Crippen LogP contribution in [0.15, 0.2) is 0 Å². The van der Waals surface area contributed by atoms with Crippen molar-refractivity contribution < 1.29 is 14.3 Å². The molecule has 2 rings (SSSR count). The summed E-state index contributed by atoms with van der Waals surface area (Å²) >= 11 is 0. The van der Waals surface area contributed by atoms with E-state index in [-0.39, 0.29) is 11.7 Å². The number of likely N-dealkylation sites (tertiary alicyclic amines) is 1. The Hall–Kier alpha value is -0.770. The van der Waals surface area contributed by atoms with Gasteiger partial charge >= 0.3 is 6.09 Å². The summed E-state index contributed by atoms with van der Waals surface area (Å²) in [4.78, 5) is 13.9. The zero-order valence-electron chi connectivity index (χ0n) is 14.1. The number of rotatable bonds is 3. The lowest BCUT2D eigenvalue weighted by Gasteiger charge is -2.40. The first-order valence-corrected chi connectivity index (χ1v) is 8.39. The first-order valence-electron chi connectivity index (χ1n) is 8.39. The molecule has 4 nitrogen and oxygen atoms in total. The van der Waals surface area contributed by atoms with Crippen molar-refractivity contribution in [3.8, 4) is 0 Å². The van der Waals surface area contributed by atoms with E-state index in [2.05, 4.69) is 6.92 Å². The van der Waals surface area contributed by atoms with Gasteiger partial charge in [0.2, 0.25) is 0 Å². The van der Waals surface area contributed by atoms with Crippen molar-refractivity contribution in [3.63, 3.8) is 0 Å². The third-order valence-corrected chi connectivity index (χ3v) is 4.62. The van der Waals surface area contributed by atoms with Gasteiger partial charge in [0.25, 0.3) is 0 Å². The summed E-state index contributed by atoms with van der Waals surface area (Å²) in [6.07, 6.45) is 6.97. The average Bonchev–Trinajstić information content (AvgIpc) is 2.88. The van der Waals surface area contributed by atoms with Gasteiger partial charge < -0.3 is 14.4 Å². The standard InChI is InChI=1S/C17H31NO3/c1-16(2,3)21-15(19)18-11-9-17(4,10-12-18)20-13-14-7-5-6-8-14/h14H,5-13H2,1-4H3. The van der Waals surface area contributed by atoms with Gasteiger partial charge in [0, 0.05) is 13.1 Å². The van der Waals surface area contributed by atoms with Gasteiger partial charge in [0.05, 0.1) is 12.2 Å². The van der Waals surface area contributed by atoms with Crippen LogP contribution in [-0.2, 0) is 9.47 Å². The van der Waals surface area contributed by atoms with Crippen molar-refractivity contribution in [3.05, 3.63) is 0 Å². The molecule has 21 heavy (non-hydrogen) atoms. The van der Waals surface area contributed by atoms with E-state index >= 15 is 0 Å². The zero-order valence-corrected chi connectivity index (χ0v) is 14.1. The highest BCUT2D eigenvalue weighted by Gasteiger charge is 2.35. The Bertz CT molecular complexity index is 348. The summed E-state index contributed by atoms with van der Waals surface area (Å²) in [5.74, 6) is 0.755. The third kappa shape index (κ3) is 5.17. The van der Waals surface area contributed by atoms with E-state index in [1.54, 1.807) is 0 Å². The van der Waals surface area contributed by atoms with Crippen LogP contribution in [0.4, 0.5) is 4.79 Å². The molecule has 1 saturated heterocycles. The highest BCUT2D eigenvalue weighted by molar-refractivity contribution is 5.68. The first-order chi connectivity index (χ1) is 9.77. The molecule has 1 saturated carbocycles. The Morgan fingerprint density at radius 3 is 2.29 bits per heavy atom. The van der Waals surface area contributed by atoms with E-state index in [1.165, 1.54) is 25.7 Å². The minimum absolute atomic E-state index is 0.0684. The molecule has 0 aromatic heterocycles. The van der Waals surface area contributed by atoms with Crippen molar-refractivity contribution in [2.24, 2.45) is 5.92 Å². The molecular formula is C17H31NO3. The molecule has 0 aromatic rings. The second kappa shape index (κ2) is 6.55. The predicted molar refractivity (Wildman–Crippen MR) is 83.4 cm³/mol. The summed E-state index contributed by atoms with van der Waals surface area (Å²) in [6.45, 7) is 10.3. The smallest absolute Gasteiger partial charge is 0.410 e. The SMILES string of the molecule is CC(C)(C)OC(=O)N1CCC(C)(OCC2CCCC2)CC1. The molecule has 0 atom stereocenters. The van der Waals surface area contributed by atoms with Crippen LogP contribution >= 0.6 is 0 Å². The van der Waals surface area contributed by atoms with Crippen LogP contribution < -0.4 is 0 Å². The van der Waals surface area contributed by atoms with E-state index in [4.69, 9.17) is 9.47 Å². The van der Waals surface area contributed by atoms with Crippen LogP contribution in [0.5, 0.6) is 0 Å². The number of nitrogens with zero attached hydrogens (tertiary/aromatic N) is 1. The van der Waals surface area contributed by atoms with Gasteiger partial charge in [-0.05, 0) is 59.3 Å². The van der Waals surface area contributed by atoms with Gasteiger partial charge in [-0.25, -0.2) is 4.79 Å². The Morgan fingerprint density at radius 2 is 1.76 bits per heavy atom. The van der Waals surface area contributed by atoms with Gasteiger partial charge in [-0.15, -0.1) is 0 Å². The van der Waals surface area contributed by atoms with E-state index in [0.29, 0.717) is 0 Å². The summed E-state index contributed by atoms with van der Waals surface area (Å²) in [7, 11) is 0. The number of hydrogen-bond donors (Lipinski definition) is 0. The normalized spacial score (nSPS) is 23.3. The van der Waals surface area contributed by atoms with Gasteiger partial charge in [0.15, 0.2) is 0 Å². The molecule has 0 bridgehead atoms. The second-order valence-corrected chi connectivity index (χ2v) is 7.88. The van der Waals surface area contributed by atoms with Crippen molar-refractivity contribution in [1.29, 1.82) is 0 Å². The topological polar surface area (TPSA) is 38.8 Å². The average molecular weight is 297 g/mol. The molecule has 1 heterocycles. The summed E-state index contributed by atoms with van der Waals surface area (Å²) in [6, 6.07) is 0. The van der Waals surface area contributed by atoms with E-state index in [1.807, 2.05) is 25.7 Å². The number of carbonyl (C=O) groups is 1. The van der Waals surface area contributed by atoms with Crippen LogP contribution in [-0.4, -0.2) is 41.9 Å². The van der Waals surface area contributed by atoms with Gasteiger partial charge in [-0.3, -0.25) is 0 Å². The van der Waals surface area contributed by atoms with Crippen LogP contribution in [0.25, 0.3) is 0 Å². The van der Waals surface area contributed by atoms with Crippen LogP contribution in [0.3, 0.4) is 0 Å². The van der Waals surface area contributed by atoms with Crippen molar-refractivity contribution in [2.75, 3.05) is 19.7 Å². The molecule has 0 unspecified atom stereocenters. The Balaban J connectivity index is 1.74. The summed E-state index contributed by atoms with van der Waals surface area (Å²) < 4.78 is 11.6. The molecule has 0 aromatic carbocycles. The molecule has 0 N–H and O–H groups in total. The zero-order chi connectivity index (χ0) is 15.5. The fourth-order valence-corrected chi connectivity index (χ4v) is 3.13. The lowest BCUT2D eigenvalue weighted by molar-refractivity contribution is -0.0832. The monoisotopic (exact) mass is 297 g/mol. The van der Waals surface area contributed by atoms with Gasteiger partial charge in [0.1, 0.15) is 5.60 Å². The minimum Gasteiger partial charge on any atom is -0.444 e. The summed E-state index contributed by atoms with van der Waals surface area (Å²) in [5.41, 5.74) is -0.488. The molecule has 0 radical (unpaired) electrons. The minimum atomic E-state index is -0.420. The van der Waals surface area contributed by atoms with Crippen molar-refractivity contribution in [1.82, 2.24) is 4.90 Å². The van der Waals surface area contributed by atoms with Gasteiger partial charge in [-0.1, -0.05) is 12.8 Å². The Morgan fingerprint density at radius 1 is 1.19 bits per heavy atom. The number of hydrogen-bond acceptors (Lipinski definition) is 3. The maximum atomic E-state index is 12.1. The molecule has 1 aliphatic heterocycles. The summed E-state index contributed by atoms with van der Waals surface area (Å²) in [5, 5.41) is 0. The number of ether oxygens (including phenoxy) is 2. The van der Waals surface area contributed by atoms with Crippen molar-refractivity contribution >= 4 is 6.09 Å². The third-order valence-electron chi connectivity index (χ3n) is 4.62. The molecular weight excluding hydrogens is 266 g/mol. The Labute approximate surface area is 129 Å². The maximum Gasteiger partial charge on any atom is 0.410 e. The molecule has 1 aliphatic carbocycles. The largest absolute Gasteiger partial charge is 0.444 e. The lowest BCUT2D eigenvalue weighted by atomic mass is 9.93. The fraction of sp³-hybridized carbons (Fsp3) is 0.941. The van der Waals surface area contributed by atoms with Crippen LogP contribution in [0.2, 0.25) is 0 Å². The van der Waals surface area contributed by atoms with E-state index in [9.17, 15) is 4.79 Å². The predicted octanol–water partition coefficient (Wildman–Crippen LogP) is 3.98. The Kier molecular flexibility index (Phi) is 5.18. The van der Waals surface area contributed by atoms with Gasteiger partial charge in [-0.2, -0.15) is 0 Å². The van der Waals surface area contributed by atoms with E-state index in [0.717, 1.165) is 38.5 Å². The van der Waals surface area contributed by atoms with Crippen LogP contribution in [0, 0.1) is 5.92 Å². The molecule has 4 heteroatoms. The number of carbonyl (C=O) groups excluding carboxylic acids is 1. The number of piperidine rings is 1.